The third-order valence-corrected chi connectivity index (χ3v) is 1.78. The molecule has 1 atom stereocenters. The van der Waals surface area contributed by atoms with Crippen molar-refractivity contribution in [2.45, 2.75) is 19.2 Å². The lowest BCUT2D eigenvalue weighted by Gasteiger charge is -2.12. The summed E-state index contributed by atoms with van der Waals surface area (Å²) in [5.41, 5.74) is 5.24. The van der Waals surface area contributed by atoms with Crippen LogP contribution in [0, 0.1) is 5.92 Å². The van der Waals surface area contributed by atoms with E-state index in [1.54, 1.807) is 0 Å². The summed E-state index contributed by atoms with van der Waals surface area (Å²) in [6.45, 7) is 2.12. The summed E-state index contributed by atoms with van der Waals surface area (Å²) in [6.07, 6.45) is 2.02. The molecule has 1 unspecified atom stereocenters. The maximum atomic E-state index is 9.18. The Morgan fingerprint density at radius 1 is 1.45 bits per heavy atom. The van der Waals surface area contributed by atoms with Gasteiger partial charge in [-0.05, 0) is 18.8 Å². The number of aliphatic hydroxyl groups is 1. The molecule has 0 heterocycles. The van der Waals surface area contributed by atoms with Crippen LogP contribution in [0.25, 0.3) is 0 Å². The zero-order valence-corrected chi connectivity index (χ0v) is 6.71. The highest BCUT2D eigenvalue weighted by atomic mass is 16.3. The van der Waals surface area contributed by atoms with E-state index < -0.39 is 6.35 Å². The van der Waals surface area contributed by atoms with Crippen LogP contribution in [0.3, 0.4) is 0 Å². The van der Waals surface area contributed by atoms with E-state index in [1.807, 2.05) is 0 Å². The Labute approximate surface area is 67.2 Å². The van der Waals surface area contributed by atoms with E-state index in [1.165, 1.54) is 12.8 Å². The molecule has 1 rings (SSSR count). The van der Waals surface area contributed by atoms with Crippen LogP contribution >= 0.6 is 0 Å². The molecule has 1 fully saturated rings. The van der Waals surface area contributed by atoms with Crippen LogP contribution in [0.15, 0.2) is 0 Å². The third-order valence-electron chi connectivity index (χ3n) is 1.78. The second kappa shape index (κ2) is 4.66. The van der Waals surface area contributed by atoms with E-state index in [0.717, 1.165) is 12.5 Å². The van der Waals surface area contributed by atoms with Gasteiger partial charge in [-0.1, -0.05) is 0 Å². The summed E-state index contributed by atoms with van der Waals surface area (Å²) in [5, 5.41) is 15.0. The molecule has 0 radical (unpaired) electrons. The van der Waals surface area contributed by atoms with Gasteiger partial charge in [-0.2, -0.15) is 0 Å². The van der Waals surface area contributed by atoms with Gasteiger partial charge in [-0.3, -0.25) is 10.6 Å². The van der Waals surface area contributed by atoms with Crippen molar-refractivity contribution in [1.29, 1.82) is 0 Å². The highest BCUT2D eigenvalue weighted by Gasteiger charge is 2.21. The van der Waals surface area contributed by atoms with Gasteiger partial charge < -0.3 is 10.8 Å². The molecule has 1 aliphatic rings. The van der Waals surface area contributed by atoms with Crippen LogP contribution < -0.4 is 16.4 Å². The van der Waals surface area contributed by atoms with Crippen molar-refractivity contribution in [3.05, 3.63) is 0 Å². The van der Waals surface area contributed by atoms with Crippen molar-refractivity contribution in [1.82, 2.24) is 10.6 Å². The summed E-state index contributed by atoms with van der Waals surface area (Å²) in [6, 6.07) is 0. The number of hydrogen-bond acceptors (Lipinski definition) is 4. The number of hydrogen-bond donors (Lipinski definition) is 4. The minimum Gasteiger partial charge on any atom is -0.365 e. The molecule has 0 bridgehead atoms. The summed E-state index contributed by atoms with van der Waals surface area (Å²) < 4.78 is 0. The first-order chi connectivity index (χ1) is 5.33. The summed E-state index contributed by atoms with van der Waals surface area (Å²) >= 11 is 0. The maximum Gasteiger partial charge on any atom is 0.160 e. The Kier molecular flexibility index (Phi) is 3.79. The van der Waals surface area contributed by atoms with Gasteiger partial charge >= 0.3 is 0 Å². The van der Waals surface area contributed by atoms with Crippen molar-refractivity contribution in [2.24, 2.45) is 11.7 Å². The first-order valence-electron chi connectivity index (χ1n) is 4.18. The Morgan fingerprint density at radius 2 is 2.18 bits per heavy atom. The molecule has 0 aromatic carbocycles. The molecule has 0 aliphatic heterocycles. The van der Waals surface area contributed by atoms with E-state index in [0.29, 0.717) is 13.1 Å². The van der Waals surface area contributed by atoms with Crippen LogP contribution in [-0.2, 0) is 0 Å². The molecule has 0 spiro atoms. The summed E-state index contributed by atoms with van der Waals surface area (Å²) in [7, 11) is 0. The zero-order chi connectivity index (χ0) is 8.10. The Bertz CT molecular complexity index is 106. The van der Waals surface area contributed by atoms with Gasteiger partial charge in [0.1, 0.15) is 0 Å². The second-order valence-corrected chi connectivity index (χ2v) is 3.00. The average molecular weight is 159 g/mol. The molecule has 0 aromatic heterocycles. The van der Waals surface area contributed by atoms with Gasteiger partial charge in [-0.15, -0.1) is 0 Å². The molecular formula is C7H17N3O. The van der Waals surface area contributed by atoms with Crippen molar-refractivity contribution >= 4 is 0 Å². The first kappa shape index (κ1) is 8.93. The van der Waals surface area contributed by atoms with Crippen molar-refractivity contribution in [2.75, 3.05) is 19.6 Å². The lowest BCUT2D eigenvalue weighted by atomic mass is 10.4. The highest BCUT2D eigenvalue weighted by molar-refractivity contribution is 4.75. The van der Waals surface area contributed by atoms with Gasteiger partial charge in [-0.25, -0.2) is 0 Å². The number of nitrogens with one attached hydrogen (secondary N) is 2. The van der Waals surface area contributed by atoms with Crippen LogP contribution in [0.5, 0.6) is 0 Å². The van der Waals surface area contributed by atoms with E-state index >= 15 is 0 Å². The molecule has 1 saturated carbocycles. The van der Waals surface area contributed by atoms with Gasteiger partial charge in [0.05, 0.1) is 0 Å². The molecule has 0 aromatic rings. The molecule has 5 N–H and O–H groups in total. The van der Waals surface area contributed by atoms with Crippen LogP contribution in [0.4, 0.5) is 0 Å². The van der Waals surface area contributed by atoms with Gasteiger partial charge in [0.15, 0.2) is 6.35 Å². The van der Waals surface area contributed by atoms with Crippen LogP contribution in [-0.4, -0.2) is 31.1 Å². The Morgan fingerprint density at radius 3 is 2.73 bits per heavy atom. The van der Waals surface area contributed by atoms with Gasteiger partial charge in [0.2, 0.25) is 0 Å². The monoisotopic (exact) mass is 159 g/mol. The van der Waals surface area contributed by atoms with Crippen molar-refractivity contribution in [3.8, 4) is 0 Å². The minimum absolute atomic E-state index is 0.558. The van der Waals surface area contributed by atoms with Crippen LogP contribution in [0.1, 0.15) is 12.8 Å². The van der Waals surface area contributed by atoms with Crippen LogP contribution in [0.2, 0.25) is 0 Å². The quantitative estimate of drug-likeness (QED) is 0.368. The molecule has 11 heavy (non-hydrogen) atoms. The SMILES string of the molecule is NCCNC(O)NCC1CC1. The number of nitrogens with two attached hydrogens (primary N) is 1. The summed E-state index contributed by atoms with van der Waals surface area (Å²) in [5.74, 6) is 0.796. The second-order valence-electron chi connectivity index (χ2n) is 3.00. The average Bonchev–Trinajstić information content (AvgIpc) is 2.80. The first-order valence-corrected chi connectivity index (χ1v) is 4.18. The smallest absolute Gasteiger partial charge is 0.160 e. The van der Waals surface area contributed by atoms with E-state index in [2.05, 4.69) is 10.6 Å². The van der Waals surface area contributed by atoms with Gasteiger partial charge in [0, 0.05) is 19.6 Å². The molecule has 66 valence electrons. The molecule has 4 nitrogen and oxygen atoms in total. The minimum atomic E-state index is -0.584. The van der Waals surface area contributed by atoms with Gasteiger partial charge in [0.25, 0.3) is 0 Å². The number of rotatable bonds is 6. The fourth-order valence-electron chi connectivity index (χ4n) is 0.892. The lowest BCUT2D eigenvalue weighted by molar-refractivity contribution is 0.102. The van der Waals surface area contributed by atoms with E-state index in [4.69, 9.17) is 5.73 Å². The molecule has 0 amide bonds. The predicted molar refractivity (Wildman–Crippen MR) is 43.8 cm³/mol. The Balaban J connectivity index is 1.87. The molecule has 1 aliphatic carbocycles. The largest absolute Gasteiger partial charge is 0.365 e. The van der Waals surface area contributed by atoms with E-state index in [-0.39, 0.29) is 0 Å². The maximum absolute atomic E-state index is 9.18. The zero-order valence-electron chi connectivity index (χ0n) is 6.71. The molecule has 0 saturated heterocycles. The third kappa shape index (κ3) is 4.31. The van der Waals surface area contributed by atoms with Crippen molar-refractivity contribution < 1.29 is 5.11 Å². The normalized spacial score (nSPS) is 20.2. The fraction of sp³-hybridized carbons (Fsp3) is 1.00. The standard InChI is InChI=1S/C7H17N3O/c8-3-4-9-7(11)10-5-6-1-2-6/h6-7,9-11H,1-5,8H2. The predicted octanol–water partition coefficient (Wildman–Crippen LogP) is -1.19. The fourth-order valence-corrected chi connectivity index (χ4v) is 0.892. The Hall–Kier alpha value is -0.160. The number of aliphatic hydroxyl groups excluding tert-OH is 1. The van der Waals surface area contributed by atoms with E-state index in [9.17, 15) is 5.11 Å². The van der Waals surface area contributed by atoms with Crippen molar-refractivity contribution in [3.63, 3.8) is 0 Å². The lowest BCUT2D eigenvalue weighted by Crippen LogP contribution is -2.44. The summed E-state index contributed by atoms with van der Waals surface area (Å²) in [4.78, 5) is 0. The highest BCUT2D eigenvalue weighted by Crippen LogP contribution is 2.27. The molecule has 4 heteroatoms. The molecular weight excluding hydrogens is 142 g/mol. The topological polar surface area (TPSA) is 70.3 Å².